The van der Waals surface area contributed by atoms with Crippen LogP contribution in [0.4, 0.5) is 10.1 Å². The molecule has 140 valence electrons. The van der Waals surface area contributed by atoms with Gasteiger partial charge < -0.3 is 9.64 Å². The average Bonchev–Trinajstić information content (AvgIpc) is 2.60. The zero-order valence-corrected chi connectivity index (χ0v) is 15.6. The molecule has 0 aliphatic rings. The fraction of sp³-hybridized carbons (Fsp3) is 0.278. The number of amides is 1. The first-order valence-corrected chi connectivity index (χ1v) is 9.41. The van der Waals surface area contributed by atoms with Crippen LogP contribution in [0.1, 0.15) is 12.5 Å². The van der Waals surface area contributed by atoms with Crippen LogP contribution in [0.2, 0.25) is 0 Å². The van der Waals surface area contributed by atoms with Crippen molar-refractivity contribution in [1.82, 2.24) is 4.72 Å². The first kappa shape index (κ1) is 19.9. The molecule has 0 heterocycles. The number of rotatable bonds is 7. The summed E-state index contributed by atoms with van der Waals surface area (Å²) < 4.78 is 45.7. The van der Waals surface area contributed by atoms with E-state index >= 15 is 0 Å². The average molecular weight is 380 g/mol. The molecule has 26 heavy (non-hydrogen) atoms. The third kappa shape index (κ3) is 4.59. The highest BCUT2D eigenvalue weighted by Crippen LogP contribution is 2.27. The Morgan fingerprint density at radius 2 is 1.92 bits per heavy atom. The van der Waals surface area contributed by atoms with Gasteiger partial charge in [-0.05, 0) is 42.8 Å². The fourth-order valence-corrected chi connectivity index (χ4v) is 3.57. The molecule has 2 rings (SSSR count). The van der Waals surface area contributed by atoms with Gasteiger partial charge in [-0.2, -0.15) is 0 Å². The standard InChI is InChI=1S/C18H21FN2O4S/c1-13-12-15(8-9-16(13)19)26(23,24)20-10-11-21(14(2)22)17-6-4-5-7-18(17)25-3/h4-9,12,20H,10-11H2,1-3H3. The van der Waals surface area contributed by atoms with E-state index in [4.69, 9.17) is 4.74 Å². The number of anilines is 1. The molecule has 0 fully saturated rings. The lowest BCUT2D eigenvalue weighted by molar-refractivity contribution is -0.116. The van der Waals surface area contributed by atoms with Crippen molar-refractivity contribution in [3.05, 3.63) is 53.8 Å². The van der Waals surface area contributed by atoms with E-state index in [1.165, 1.54) is 38.0 Å². The Balaban J connectivity index is 2.12. The van der Waals surface area contributed by atoms with Gasteiger partial charge >= 0.3 is 0 Å². The number of ether oxygens (including phenoxy) is 1. The molecule has 6 nitrogen and oxygen atoms in total. The SMILES string of the molecule is COc1ccccc1N(CCNS(=O)(=O)c1ccc(F)c(C)c1)C(C)=O. The maximum Gasteiger partial charge on any atom is 0.240 e. The van der Waals surface area contributed by atoms with Gasteiger partial charge in [0.2, 0.25) is 15.9 Å². The molecule has 1 N–H and O–H groups in total. The summed E-state index contributed by atoms with van der Waals surface area (Å²) in [6, 6.07) is 10.6. The molecule has 0 aliphatic carbocycles. The van der Waals surface area contributed by atoms with Crippen LogP contribution in [0.3, 0.4) is 0 Å². The Morgan fingerprint density at radius 3 is 2.54 bits per heavy atom. The van der Waals surface area contributed by atoms with E-state index in [9.17, 15) is 17.6 Å². The van der Waals surface area contributed by atoms with Gasteiger partial charge in [0.25, 0.3) is 0 Å². The molecule has 2 aromatic carbocycles. The molecule has 0 radical (unpaired) electrons. The largest absolute Gasteiger partial charge is 0.495 e. The van der Waals surface area contributed by atoms with Gasteiger partial charge in [-0.1, -0.05) is 12.1 Å². The van der Waals surface area contributed by atoms with E-state index in [2.05, 4.69) is 4.72 Å². The van der Waals surface area contributed by atoms with Gasteiger partial charge in [-0.3, -0.25) is 4.79 Å². The van der Waals surface area contributed by atoms with E-state index in [1.54, 1.807) is 24.3 Å². The highest BCUT2D eigenvalue weighted by molar-refractivity contribution is 7.89. The zero-order valence-electron chi connectivity index (χ0n) is 14.8. The molecular formula is C18H21FN2O4S. The van der Waals surface area contributed by atoms with E-state index in [-0.39, 0.29) is 29.5 Å². The highest BCUT2D eigenvalue weighted by Gasteiger charge is 2.19. The van der Waals surface area contributed by atoms with Gasteiger partial charge in [0.05, 0.1) is 17.7 Å². The molecule has 0 spiro atoms. The second kappa shape index (κ2) is 8.29. The summed E-state index contributed by atoms with van der Waals surface area (Å²) in [4.78, 5) is 13.4. The number of nitrogens with zero attached hydrogens (tertiary/aromatic N) is 1. The first-order chi connectivity index (χ1) is 12.3. The Kier molecular flexibility index (Phi) is 6.33. The lowest BCUT2D eigenvalue weighted by Crippen LogP contribution is -2.37. The number of carbonyl (C=O) groups is 1. The van der Waals surface area contributed by atoms with Crippen molar-refractivity contribution in [3.63, 3.8) is 0 Å². The van der Waals surface area contributed by atoms with Crippen LogP contribution < -0.4 is 14.4 Å². The molecule has 0 unspecified atom stereocenters. The van der Waals surface area contributed by atoms with Crippen molar-refractivity contribution in [2.24, 2.45) is 0 Å². The maximum absolute atomic E-state index is 13.3. The Hall–Kier alpha value is -2.45. The molecule has 0 aromatic heterocycles. The van der Waals surface area contributed by atoms with Crippen LogP contribution in [0, 0.1) is 12.7 Å². The van der Waals surface area contributed by atoms with E-state index in [0.717, 1.165) is 6.07 Å². The Morgan fingerprint density at radius 1 is 1.23 bits per heavy atom. The predicted molar refractivity (Wildman–Crippen MR) is 97.3 cm³/mol. The van der Waals surface area contributed by atoms with Gasteiger partial charge in [0.15, 0.2) is 0 Å². The summed E-state index contributed by atoms with van der Waals surface area (Å²) in [6.45, 7) is 3.00. The fourth-order valence-electron chi connectivity index (χ4n) is 2.46. The number of methoxy groups -OCH3 is 1. The molecule has 0 saturated carbocycles. The van der Waals surface area contributed by atoms with E-state index < -0.39 is 15.8 Å². The number of sulfonamides is 1. The second-order valence-electron chi connectivity index (χ2n) is 5.65. The van der Waals surface area contributed by atoms with Crippen molar-refractivity contribution in [3.8, 4) is 5.75 Å². The second-order valence-corrected chi connectivity index (χ2v) is 7.42. The smallest absolute Gasteiger partial charge is 0.240 e. The molecule has 2 aromatic rings. The molecule has 0 aliphatic heterocycles. The first-order valence-electron chi connectivity index (χ1n) is 7.93. The number of nitrogens with one attached hydrogen (secondary N) is 1. The minimum Gasteiger partial charge on any atom is -0.495 e. The number of halogens is 1. The van der Waals surface area contributed by atoms with E-state index in [1.807, 2.05) is 0 Å². The van der Waals surface area contributed by atoms with Gasteiger partial charge in [-0.15, -0.1) is 0 Å². The zero-order chi connectivity index (χ0) is 19.3. The van der Waals surface area contributed by atoms with Crippen molar-refractivity contribution < 1.29 is 22.3 Å². The van der Waals surface area contributed by atoms with Crippen molar-refractivity contribution in [2.75, 3.05) is 25.1 Å². The summed E-state index contributed by atoms with van der Waals surface area (Å²) in [5.41, 5.74) is 0.798. The lowest BCUT2D eigenvalue weighted by Gasteiger charge is -2.23. The van der Waals surface area contributed by atoms with Crippen molar-refractivity contribution >= 4 is 21.6 Å². The molecule has 0 bridgehead atoms. The molecule has 0 saturated heterocycles. The third-order valence-corrected chi connectivity index (χ3v) is 5.28. The van der Waals surface area contributed by atoms with Gasteiger partial charge in [0, 0.05) is 20.0 Å². The van der Waals surface area contributed by atoms with Crippen molar-refractivity contribution in [2.45, 2.75) is 18.7 Å². The normalized spacial score (nSPS) is 11.2. The Labute approximate surface area is 152 Å². The summed E-state index contributed by atoms with van der Waals surface area (Å²) in [7, 11) is -2.31. The number of hydrogen-bond donors (Lipinski definition) is 1. The summed E-state index contributed by atoms with van der Waals surface area (Å²) >= 11 is 0. The molecule has 0 atom stereocenters. The molecular weight excluding hydrogens is 359 g/mol. The number of para-hydroxylation sites is 2. The maximum atomic E-state index is 13.3. The Bertz CT molecular complexity index is 900. The number of benzene rings is 2. The summed E-state index contributed by atoms with van der Waals surface area (Å²) in [6.07, 6.45) is 0. The molecule has 8 heteroatoms. The highest BCUT2D eigenvalue weighted by atomic mass is 32.2. The summed E-state index contributed by atoms with van der Waals surface area (Å²) in [5.74, 6) is -0.200. The molecule has 1 amide bonds. The van der Waals surface area contributed by atoms with Crippen molar-refractivity contribution in [1.29, 1.82) is 0 Å². The van der Waals surface area contributed by atoms with Crippen LogP contribution in [-0.4, -0.2) is 34.5 Å². The van der Waals surface area contributed by atoms with Crippen LogP contribution in [-0.2, 0) is 14.8 Å². The van der Waals surface area contributed by atoms with Crippen LogP contribution in [0.5, 0.6) is 5.75 Å². The number of carbonyl (C=O) groups excluding carboxylic acids is 1. The van der Waals surface area contributed by atoms with E-state index in [0.29, 0.717) is 11.4 Å². The van der Waals surface area contributed by atoms with Crippen LogP contribution in [0.25, 0.3) is 0 Å². The van der Waals surface area contributed by atoms with Gasteiger partial charge in [-0.25, -0.2) is 17.5 Å². The van der Waals surface area contributed by atoms with Crippen LogP contribution in [0.15, 0.2) is 47.4 Å². The predicted octanol–water partition coefficient (Wildman–Crippen LogP) is 2.47. The monoisotopic (exact) mass is 380 g/mol. The third-order valence-electron chi connectivity index (χ3n) is 3.82. The topological polar surface area (TPSA) is 75.7 Å². The summed E-state index contributed by atoms with van der Waals surface area (Å²) in [5, 5.41) is 0. The quantitative estimate of drug-likeness (QED) is 0.801. The van der Waals surface area contributed by atoms with Gasteiger partial charge in [0.1, 0.15) is 11.6 Å². The lowest BCUT2D eigenvalue weighted by atomic mass is 10.2. The van der Waals surface area contributed by atoms with Crippen LogP contribution >= 0.6 is 0 Å². The minimum atomic E-state index is -3.80. The minimum absolute atomic E-state index is 0.00359. The number of aryl methyl sites for hydroxylation is 1. The number of hydrogen-bond acceptors (Lipinski definition) is 4.